The minimum Gasteiger partial charge on any atom is -0.465 e. The minimum atomic E-state index is -1.40. The lowest BCUT2D eigenvalue weighted by Gasteiger charge is -2.25. The maximum absolute atomic E-state index is 10.9. The molecule has 0 heterocycles. The molecule has 80 valence electrons. The zero-order chi connectivity index (χ0) is 10.6. The third kappa shape index (κ3) is 3.61. The number of nitrogens with two attached hydrogens (primary N) is 1. The Balaban J connectivity index is 2.24. The Bertz CT molecular complexity index is 223. The number of hydrogen-bond donors (Lipinski definition) is 3. The van der Waals surface area contributed by atoms with Gasteiger partial charge in [0.05, 0.1) is 0 Å². The predicted octanol–water partition coefficient (Wildman–Crippen LogP) is 0.660. The molecule has 0 bridgehead atoms. The van der Waals surface area contributed by atoms with Gasteiger partial charge in [0.25, 0.3) is 0 Å². The highest BCUT2D eigenvalue weighted by Crippen LogP contribution is 2.19. The number of imide groups is 1. The average molecular weight is 202 g/mol. The number of ether oxygens (including phenoxy) is 1. The molecule has 0 aromatic rings. The van der Waals surface area contributed by atoms with Crippen LogP contribution in [-0.4, -0.2) is 29.4 Å². The molecule has 6 nitrogen and oxygen atoms in total. The second kappa shape index (κ2) is 4.80. The van der Waals surface area contributed by atoms with E-state index in [0.29, 0.717) is 12.8 Å². The van der Waals surface area contributed by atoms with Crippen molar-refractivity contribution >= 4 is 12.2 Å². The molecule has 2 amide bonds. The van der Waals surface area contributed by atoms with Crippen LogP contribution in [0.25, 0.3) is 0 Å². The van der Waals surface area contributed by atoms with E-state index in [1.807, 2.05) is 0 Å². The Labute approximate surface area is 81.4 Å². The van der Waals surface area contributed by atoms with Crippen molar-refractivity contribution in [3.8, 4) is 0 Å². The van der Waals surface area contributed by atoms with Crippen molar-refractivity contribution in [2.45, 2.75) is 37.8 Å². The number of nitrogens with one attached hydrogen (secondary N) is 1. The summed E-state index contributed by atoms with van der Waals surface area (Å²) in [5.74, 6) is 0. The summed E-state index contributed by atoms with van der Waals surface area (Å²) >= 11 is 0. The van der Waals surface area contributed by atoms with Crippen LogP contribution in [-0.2, 0) is 4.74 Å². The fraction of sp³-hybridized carbons (Fsp3) is 0.750. The first-order valence-electron chi connectivity index (χ1n) is 4.54. The van der Waals surface area contributed by atoms with E-state index in [-0.39, 0.29) is 12.1 Å². The van der Waals surface area contributed by atoms with Gasteiger partial charge in [0.1, 0.15) is 6.10 Å². The van der Waals surface area contributed by atoms with Gasteiger partial charge in [-0.3, -0.25) is 0 Å². The average Bonchev–Trinajstić information content (AvgIpc) is 2.07. The monoisotopic (exact) mass is 202 g/mol. The van der Waals surface area contributed by atoms with Crippen molar-refractivity contribution in [2.75, 3.05) is 0 Å². The number of carbonyl (C=O) groups excluding carboxylic acids is 1. The summed E-state index contributed by atoms with van der Waals surface area (Å²) in [5, 5.41) is 9.85. The molecule has 1 fully saturated rings. The third-order valence-corrected chi connectivity index (χ3v) is 2.20. The second-order valence-electron chi connectivity index (χ2n) is 3.37. The highest BCUT2D eigenvalue weighted by Gasteiger charge is 2.22. The quantitative estimate of drug-likeness (QED) is 0.579. The van der Waals surface area contributed by atoms with Crippen molar-refractivity contribution in [2.24, 2.45) is 5.73 Å². The van der Waals surface area contributed by atoms with Gasteiger partial charge in [-0.25, -0.2) is 14.9 Å². The van der Waals surface area contributed by atoms with Crippen molar-refractivity contribution in [3.05, 3.63) is 0 Å². The van der Waals surface area contributed by atoms with Crippen LogP contribution < -0.4 is 11.1 Å². The number of rotatable bonds is 1. The van der Waals surface area contributed by atoms with Gasteiger partial charge in [-0.2, -0.15) is 0 Å². The minimum absolute atomic E-state index is 0.178. The molecule has 0 unspecified atom stereocenters. The van der Waals surface area contributed by atoms with Crippen molar-refractivity contribution < 1.29 is 19.4 Å². The molecule has 1 rings (SSSR count). The Morgan fingerprint density at radius 2 is 1.86 bits per heavy atom. The van der Waals surface area contributed by atoms with E-state index in [0.717, 1.165) is 12.8 Å². The maximum atomic E-state index is 10.9. The summed E-state index contributed by atoms with van der Waals surface area (Å²) < 4.78 is 4.86. The Morgan fingerprint density at radius 1 is 1.29 bits per heavy atom. The Kier molecular flexibility index (Phi) is 3.70. The van der Waals surface area contributed by atoms with Gasteiger partial charge in [-0.15, -0.1) is 0 Å². The van der Waals surface area contributed by atoms with Crippen LogP contribution in [0.3, 0.4) is 0 Å². The lowest BCUT2D eigenvalue weighted by molar-refractivity contribution is 0.0717. The van der Waals surface area contributed by atoms with Crippen molar-refractivity contribution in [1.29, 1.82) is 0 Å². The number of alkyl carbamates (subject to hydrolysis) is 1. The van der Waals surface area contributed by atoms with Crippen LogP contribution in [0.5, 0.6) is 0 Å². The molecule has 4 N–H and O–H groups in total. The molecule has 1 aliphatic rings. The van der Waals surface area contributed by atoms with E-state index in [1.165, 1.54) is 0 Å². The van der Waals surface area contributed by atoms with Gasteiger partial charge in [0.2, 0.25) is 0 Å². The van der Waals surface area contributed by atoms with E-state index in [1.54, 1.807) is 5.32 Å². The number of carboxylic acid groups (broad SMARTS) is 1. The van der Waals surface area contributed by atoms with E-state index >= 15 is 0 Å². The highest BCUT2D eigenvalue weighted by atomic mass is 16.6. The fourth-order valence-electron chi connectivity index (χ4n) is 1.47. The summed E-state index contributed by atoms with van der Waals surface area (Å²) in [5.41, 5.74) is 5.66. The van der Waals surface area contributed by atoms with Gasteiger partial charge in [-0.05, 0) is 25.7 Å². The normalized spacial score (nSPS) is 26.6. The van der Waals surface area contributed by atoms with Gasteiger partial charge in [0, 0.05) is 6.04 Å². The van der Waals surface area contributed by atoms with Gasteiger partial charge < -0.3 is 15.6 Å². The zero-order valence-corrected chi connectivity index (χ0v) is 7.73. The zero-order valence-electron chi connectivity index (χ0n) is 7.73. The van der Waals surface area contributed by atoms with Crippen LogP contribution in [0.15, 0.2) is 0 Å². The first kappa shape index (κ1) is 10.8. The lowest BCUT2D eigenvalue weighted by atomic mass is 9.94. The van der Waals surface area contributed by atoms with Gasteiger partial charge >= 0.3 is 12.2 Å². The summed E-state index contributed by atoms with van der Waals surface area (Å²) in [6.07, 6.45) is 0.521. The molecule has 1 aliphatic carbocycles. The van der Waals surface area contributed by atoms with Gasteiger partial charge in [0.15, 0.2) is 0 Å². The standard InChI is InChI=1S/C8H14N2O4/c9-5-1-3-6(4-2-5)14-8(13)10-7(11)12/h5-6H,1-4,9H2,(H,10,13)(H,11,12). The van der Waals surface area contributed by atoms with Crippen LogP contribution in [0.1, 0.15) is 25.7 Å². The van der Waals surface area contributed by atoms with Crippen molar-refractivity contribution in [3.63, 3.8) is 0 Å². The number of amides is 2. The molecule has 14 heavy (non-hydrogen) atoms. The molecule has 0 spiro atoms. The molecule has 0 saturated heterocycles. The molecular weight excluding hydrogens is 188 g/mol. The summed E-state index contributed by atoms with van der Waals surface area (Å²) in [4.78, 5) is 20.9. The van der Waals surface area contributed by atoms with Crippen molar-refractivity contribution in [1.82, 2.24) is 5.32 Å². The van der Waals surface area contributed by atoms with Crippen LogP contribution >= 0.6 is 0 Å². The first-order valence-corrected chi connectivity index (χ1v) is 4.54. The van der Waals surface area contributed by atoms with E-state index in [9.17, 15) is 9.59 Å². The molecule has 0 aliphatic heterocycles. The molecule has 0 aromatic heterocycles. The van der Waals surface area contributed by atoms with E-state index < -0.39 is 12.2 Å². The molecule has 0 atom stereocenters. The molecule has 1 saturated carbocycles. The topological polar surface area (TPSA) is 102 Å². The summed E-state index contributed by atoms with van der Waals surface area (Å²) in [6.45, 7) is 0. The molecular formula is C8H14N2O4. The van der Waals surface area contributed by atoms with E-state index in [2.05, 4.69) is 0 Å². The smallest absolute Gasteiger partial charge is 0.416 e. The number of carbonyl (C=O) groups is 2. The SMILES string of the molecule is NC1CCC(OC(=O)NC(=O)O)CC1. The van der Waals surface area contributed by atoms with E-state index in [4.69, 9.17) is 15.6 Å². The Hall–Kier alpha value is -1.30. The lowest BCUT2D eigenvalue weighted by Crippen LogP contribution is -2.36. The first-order chi connectivity index (χ1) is 6.58. The number of hydrogen-bond acceptors (Lipinski definition) is 4. The molecule has 0 radical (unpaired) electrons. The predicted molar refractivity (Wildman–Crippen MR) is 47.9 cm³/mol. The second-order valence-corrected chi connectivity index (χ2v) is 3.37. The van der Waals surface area contributed by atoms with Gasteiger partial charge in [-0.1, -0.05) is 0 Å². The summed E-state index contributed by atoms with van der Waals surface area (Å²) in [6, 6.07) is 0.178. The van der Waals surface area contributed by atoms with Crippen LogP contribution in [0, 0.1) is 0 Å². The summed E-state index contributed by atoms with van der Waals surface area (Å²) in [7, 11) is 0. The Morgan fingerprint density at radius 3 is 2.36 bits per heavy atom. The maximum Gasteiger partial charge on any atom is 0.416 e. The highest BCUT2D eigenvalue weighted by molar-refractivity contribution is 5.86. The molecule has 0 aromatic carbocycles. The largest absolute Gasteiger partial charge is 0.465 e. The van der Waals surface area contributed by atoms with Crippen LogP contribution in [0.2, 0.25) is 0 Å². The third-order valence-electron chi connectivity index (χ3n) is 2.20. The van der Waals surface area contributed by atoms with Crippen LogP contribution in [0.4, 0.5) is 9.59 Å². The molecule has 6 heteroatoms. The fourth-order valence-corrected chi connectivity index (χ4v) is 1.47.